The van der Waals surface area contributed by atoms with E-state index < -0.39 is 11.6 Å². The number of aryl methyl sites for hydroxylation is 2. The summed E-state index contributed by atoms with van der Waals surface area (Å²) in [6.45, 7) is 2.62. The second-order valence-electron chi connectivity index (χ2n) is 5.97. The van der Waals surface area contributed by atoms with E-state index in [0.717, 1.165) is 12.0 Å². The van der Waals surface area contributed by atoms with Gasteiger partial charge in [0, 0.05) is 6.54 Å². The third-order valence-corrected chi connectivity index (χ3v) is 4.42. The number of methoxy groups -OCH3 is 1. The second kappa shape index (κ2) is 6.18. The first-order chi connectivity index (χ1) is 11.0. The zero-order valence-electron chi connectivity index (χ0n) is 13.4. The Morgan fingerprint density at radius 1 is 1.43 bits per heavy atom. The van der Waals surface area contributed by atoms with Gasteiger partial charge in [-0.2, -0.15) is 0 Å². The predicted octanol–water partition coefficient (Wildman–Crippen LogP) is 2.30. The molecule has 0 saturated heterocycles. The van der Waals surface area contributed by atoms with Crippen LogP contribution in [-0.2, 0) is 23.3 Å². The van der Waals surface area contributed by atoms with Crippen molar-refractivity contribution >= 4 is 5.97 Å². The van der Waals surface area contributed by atoms with Crippen molar-refractivity contribution in [2.45, 2.75) is 31.9 Å². The number of furan rings is 1. The lowest BCUT2D eigenvalue weighted by atomic mass is 9.96. The van der Waals surface area contributed by atoms with Crippen LogP contribution in [0.5, 0.6) is 0 Å². The highest BCUT2D eigenvalue weighted by molar-refractivity contribution is 5.90. The molecule has 1 aliphatic carbocycles. The lowest BCUT2D eigenvalue weighted by molar-refractivity contribution is 0.0380. The molecule has 5 nitrogen and oxygen atoms in total. The lowest BCUT2D eigenvalue weighted by Gasteiger charge is -2.24. The normalized spacial score (nSPS) is 19.6. The zero-order chi connectivity index (χ0) is 16.4. The second-order valence-corrected chi connectivity index (χ2v) is 5.97. The number of hydrogen-bond acceptors (Lipinski definition) is 5. The standard InChI is InChI=1S/C18H21NO4/c1-12-15(17(20)22-2)9-14(23-12)10-19-11-18(21)8-7-13-5-3-4-6-16(13)18/h3-6,9,19,21H,7-8,10-11H2,1-2H3. The number of esters is 1. The average Bonchev–Trinajstić information content (AvgIpc) is 3.08. The molecule has 5 heteroatoms. The smallest absolute Gasteiger partial charge is 0.341 e. The molecule has 1 heterocycles. The maximum absolute atomic E-state index is 11.6. The molecule has 0 aliphatic heterocycles. The number of rotatable bonds is 5. The first kappa shape index (κ1) is 15.8. The van der Waals surface area contributed by atoms with Gasteiger partial charge in [-0.15, -0.1) is 0 Å². The van der Waals surface area contributed by atoms with Crippen LogP contribution in [0, 0.1) is 6.92 Å². The van der Waals surface area contributed by atoms with E-state index >= 15 is 0 Å². The maximum Gasteiger partial charge on any atom is 0.341 e. The van der Waals surface area contributed by atoms with Gasteiger partial charge in [-0.3, -0.25) is 0 Å². The van der Waals surface area contributed by atoms with Crippen molar-refractivity contribution in [3.05, 3.63) is 58.5 Å². The number of aliphatic hydroxyl groups is 1. The fourth-order valence-electron chi connectivity index (χ4n) is 3.19. The van der Waals surface area contributed by atoms with Crippen LogP contribution in [0.15, 0.2) is 34.7 Å². The molecule has 0 amide bonds. The monoisotopic (exact) mass is 315 g/mol. The van der Waals surface area contributed by atoms with Crippen molar-refractivity contribution in [2.24, 2.45) is 0 Å². The van der Waals surface area contributed by atoms with E-state index in [4.69, 9.17) is 9.15 Å². The van der Waals surface area contributed by atoms with Crippen molar-refractivity contribution < 1.29 is 19.1 Å². The Morgan fingerprint density at radius 3 is 3.00 bits per heavy atom. The summed E-state index contributed by atoms with van der Waals surface area (Å²) in [7, 11) is 1.35. The molecule has 2 N–H and O–H groups in total. The summed E-state index contributed by atoms with van der Waals surface area (Å²) in [4.78, 5) is 11.6. The number of carbonyl (C=O) groups is 1. The minimum Gasteiger partial charge on any atom is -0.465 e. The first-order valence-electron chi connectivity index (χ1n) is 7.72. The van der Waals surface area contributed by atoms with Crippen molar-refractivity contribution in [1.29, 1.82) is 0 Å². The number of carbonyl (C=O) groups excluding carboxylic acids is 1. The van der Waals surface area contributed by atoms with E-state index in [1.807, 2.05) is 18.2 Å². The Balaban J connectivity index is 1.63. The van der Waals surface area contributed by atoms with Crippen molar-refractivity contribution in [1.82, 2.24) is 5.32 Å². The molecule has 1 unspecified atom stereocenters. The van der Waals surface area contributed by atoms with E-state index in [-0.39, 0.29) is 0 Å². The molecule has 23 heavy (non-hydrogen) atoms. The van der Waals surface area contributed by atoms with Crippen molar-refractivity contribution in [3.63, 3.8) is 0 Å². The van der Waals surface area contributed by atoms with Gasteiger partial charge in [0.25, 0.3) is 0 Å². The van der Waals surface area contributed by atoms with Crippen LogP contribution in [0.2, 0.25) is 0 Å². The molecular weight excluding hydrogens is 294 g/mol. The van der Waals surface area contributed by atoms with E-state index in [1.165, 1.54) is 12.7 Å². The van der Waals surface area contributed by atoms with Crippen LogP contribution in [-0.4, -0.2) is 24.7 Å². The third-order valence-electron chi connectivity index (χ3n) is 4.42. The Morgan fingerprint density at radius 2 is 2.22 bits per heavy atom. The summed E-state index contributed by atoms with van der Waals surface area (Å²) in [6, 6.07) is 9.68. The van der Waals surface area contributed by atoms with Gasteiger partial charge < -0.3 is 19.6 Å². The van der Waals surface area contributed by atoms with Crippen LogP contribution in [0.3, 0.4) is 0 Å². The fraction of sp³-hybridized carbons (Fsp3) is 0.389. The SMILES string of the molecule is COC(=O)c1cc(CNCC2(O)CCc3ccccc32)oc1C. The highest BCUT2D eigenvalue weighted by Gasteiger charge is 2.35. The van der Waals surface area contributed by atoms with E-state index in [2.05, 4.69) is 11.4 Å². The Kier molecular flexibility index (Phi) is 4.24. The van der Waals surface area contributed by atoms with E-state index in [0.29, 0.717) is 36.6 Å². The summed E-state index contributed by atoms with van der Waals surface area (Å²) >= 11 is 0. The first-order valence-corrected chi connectivity index (χ1v) is 7.72. The Labute approximate surface area is 135 Å². The van der Waals surface area contributed by atoms with Gasteiger partial charge in [0.15, 0.2) is 0 Å². The number of ether oxygens (including phenoxy) is 1. The third kappa shape index (κ3) is 3.02. The molecule has 2 aromatic rings. The summed E-state index contributed by atoms with van der Waals surface area (Å²) in [5, 5.41) is 14.1. The molecule has 1 aromatic carbocycles. The molecule has 1 aliphatic rings. The predicted molar refractivity (Wildman–Crippen MR) is 85.2 cm³/mol. The molecule has 0 spiro atoms. The van der Waals surface area contributed by atoms with Gasteiger partial charge in [0.05, 0.1) is 13.7 Å². The number of fused-ring (bicyclic) bond motifs is 1. The van der Waals surface area contributed by atoms with Crippen LogP contribution < -0.4 is 5.32 Å². The van der Waals surface area contributed by atoms with E-state index in [1.54, 1.807) is 13.0 Å². The van der Waals surface area contributed by atoms with Gasteiger partial charge in [0.1, 0.15) is 22.7 Å². The molecule has 1 aromatic heterocycles. The quantitative estimate of drug-likeness (QED) is 0.828. The topological polar surface area (TPSA) is 71.7 Å². The van der Waals surface area contributed by atoms with Crippen molar-refractivity contribution in [2.75, 3.05) is 13.7 Å². The average molecular weight is 315 g/mol. The molecule has 1 atom stereocenters. The van der Waals surface area contributed by atoms with Crippen LogP contribution in [0.1, 0.15) is 39.4 Å². The molecule has 0 fully saturated rings. The highest BCUT2D eigenvalue weighted by atomic mass is 16.5. The summed E-state index contributed by atoms with van der Waals surface area (Å²) in [5.74, 6) is 0.789. The summed E-state index contributed by atoms with van der Waals surface area (Å²) in [6.07, 6.45) is 1.60. The van der Waals surface area contributed by atoms with Gasteiger partial charge in [-0.25, -0.2) is 4.79 Å². The summed E-state index contributed by atoms with van der Waals surface area (Å²) < 4.78 is 10.3. The molecule has 0 saturated carbocycles. The van der Waals surface area contributed by atoms with Crippen LogP contribution in [0.25, 0.3) is 0 Å². The van der Waals surface area contributed by atoms with Gasteiger partial charge in [-0.1, -0.05) is 24.3 Å². The molecule has 0 radical (unpaired) electrons. The molecule has 0 bridgehead atoms. The van der Waals surface area contributed by atoms with Gasteiger partial charge in [-0.05, 0) is 37.0 Å². The molecule has 122 valence electrons. The molecule has 3 rings (SSSR count). The minimum atomic E-state index is -0.844. The van der Waals surface area contributed by atoms with Crippen LogP contribution in [0.4, 0.5) is 0 Å². The largest absolute Gasteiger partial charge is 0.465 e. The Bertz CT molecular complexity index is 722. The van der Waals surface area contributed by atoms with Gasteiger partial charge >= 0.3 is 5.97 Å². The molecular formula is C18H21NO4. The fourth-order valence-corrected chi connectivity index (χ4v) is 3.19. The highest BCUT2D eigenvalue weighted by Crippen LogP contribution is 2.36. The van der Waals surface area contributed by atoms with Gasteiger partial charge in [0.2, 0.25) is 0 Å². The Hall–Kier alpha value is -2.11. The van der Waals surface area contributed by atoms with E-state index in [9.17, 15) is 9.90 Å². The van der Waals surface area contributed by atoms with Crippen molar-refractivity contribution in [3.8, 4) is 0 Å². The lowest BCUT2D eigenvalue weighted by Crippen LogP contribution is -2.35. The number of hydrogen-bond donors (Lipinski definition) is 2. The number of benzene rings is 1. The zero-order valence-corrected chi connectivity index (χ0v) is 13.4. The summed E-state index contributed by atoms with van der Waals surface area (Å²) in [5.41, 5.74) is 1.80. The maximum atomic E-state index is 11.6. The number of nitrogens with one attached hydrogen (secondary N) is 1. The minimum absolute atomic E-state index is 0.402. The van der Waals surface area contributed by atoms with Crippen LogP contribution >= 0.6 is 0 Å².